The van der Waals surface area contributed by atoms with Crippen LogP contribution >= 0.6 is 0 Å². The first-order valence-corrected chi connectivity index (χ1v) is 6.40. The first kappa shape index (κ1) is 13.4. The molecule has 18 heavy (non-hydrogen) atoms. The zero-order valence-electron chi connectivity index (χ0n) is 10.7. The first-order chi connectivity index (χ1) is 8.56. The van der Waals surface area contributed by atoms with Gasteiger partial charge in [-0.1, -0.05) is 6.07 Å². The van der Waals surface area contributed by atoms with Gasteiger partial charge in [0.15, 0.2) is 11.6 Å². The Labute approximate surface area is 106 Å². The molecule has 2 rings (SSSR count). The third-order valence-corrected chi connectivity index (χ3v) is 3.42. The van der Waals surface area contributed by atoms with Gasteiger partial charge in [0.2, 0.25) is 0 Å². The third-order valence-electron chi connectivity index (χ3n) is 3.42. The lowest BCUT2D eigenvalue weighted by Crippen LogP contribution is -2.29. The Morgan fingerprint density at radius 1 is 1.33 bits per heavy atom. The molecule has 0 bridgehead atoms. The molecule has 1 heterocycles. The van der Waals surface area contributed by atoms with E-state index in [1.165, 1.54) is 6.07 Å². The Morgan fingerprint density at radius 2 is 2.11 bits per heavy atom. The van der Waals surface area contributed by atoms with Gasteiger partial charge < -0.3 is 10.1 Å². The minimum absolute atomic E-state index is 0.0143. The number of hydrogen-bond acceptors (Lipinski definition) is 2. The molecule has 0 saturated carbocycles. The maximum absolute atomic E-state index is 13.1. The van der Waals surface area contributed by atoms with E-state index in [1.807, 2.05) is 6.92 Å². The Hall–Kier alpha value is -1.00. The third kappa shape index (κ3) is 3.27. The molecule has 1 N–H and O–H groups in total. The van der Waals surface area contributed by atoms with Crippen LogP contribution in [0, 0.1) is 11.6 Å². The topological polar surface area (TPSA) is 21.3 Å². The van der Waals surface area contributed by atoms with Crippen molar-refractivity contribution in [3.8, 4) is 0 Å². The summed E-state index contributed by atoms with van der Waals surface area (Å²) in [6.45, 7) is 4.74. The second kappa shape index (κ2) is 5.76. The molecular formula is C14H19F2NO. The summed E-state index contributed by atoms with van der Waals surface area (Å²) in [6.07, 6.45) is 2.70. The van der Waals surface area contributed by atoms with Crippen LogP contribution in [-0.2, 0) is 4.74 Å². The van der Waals surface area contributed by atoms with Crippen LogP contribution in [0.5, 0.6) is 0 Å². The molecule has 4 heteroatoms. The lowest BCUT2D eigenvalue weighted by atomic mass is 10.1. The van der Waals surface area contributed by atoms with Gasteiger partial charge in [-0.3, -0.25) is 0 Å². The highest BCUT2D eigenvalue weighted by Crippen LogP contribution is 2.20. The maximum atomic E-state index is 13.1. The van der Waals surface area contributed by atoms with Gasteiger partial charge in [0.1, 0.15) is 0 Å². The molecule has 0 radical (unpaired) electrons. The summed E-state index contributed by atoms with van der Waals surface area (Å²) in [4.78, 5) is 0. The number of halogens is 2. The van der Waals surface area contributed by atoms with Gasteiger partial charge in [0.05, 0.1) is 12.2 Å². The fourth-order valence-electron chi connectivity index (χ4n) is 2.24. The molecule has 100 valence electrons. The Bertz CT molecular complexity index is 411. The van der Waals surface area contributed by atoms with Crippen molar-refractivity contribution >= 4 is 0 Å². The molecule has 0 amide bonds. The predicted octanol–water partition coefficient (Wildman–Crippen LogP) is 3.18. The molecule has 0 spiro atoms. The van der Waals surface area contributed by atoms with Gasteiger partial charge in [-0.25, -0.2) is 8.78 Å². The van der Waals surface area contributed by atoms with Gasteiger partial charge in [-0.15, -0.1) is 0 Å². The highest BCUT2D eigenvalue weighted by molar-refractivity contribution is 5.20. The standard InChI is InChI=1S/C14H19F2NO/c1-9-3-5-12(18-9)8-17-10(2)11-4-6-13(15)14(16)7-11/h4,6-7,9-10,12,17H,3,5,8H2,1-2H3. The zero-order chi connectivity index (χ0) is 13.1. The SMILES string of the molecule is CC1CCC(CNC(C)c2ccc(F)c(F)c2)O1. The van der Waals surface area contributed by atoms with Gasteiger partial charge in [0.25, 0.3) is 0 Å². The van der Waals surface area contributed by atoms with Crippen molar-refractivity contribution < 1.29 is 13.5 Å². The van der Waals surface area contributed by atoms with Crippen molar-refractivity contribution in [3.63, 3.8) is 0 Å². The summed E-state index contributed by atoms with van der Waals surface area (Å²) in [5.41, 5.74) is 0.750. The van der Waals surface area contributed by atoms with E-state index in [2.05, 4.69) is 12.2 Å². The monoisotopic (exact) mass is 255 g/mol. The lowest BCUT2D eigenvalue weighted by molar-refractivity contribution is 0.0546. The fraction of sp³-hybridized carbons (Fsp3) is 0.571. The summed E-state index contributed by atoms with van der Waals surface area (Å²) < 4.78 is 31.6. The molecule has 1 aliphatic heterocycles. The van der Waals surface area contributed by atoms with Crippen LogP contribution in [-0.4, -0.2) is 18.8 Å². The molecular weight excluding hydrogens is 236 g/mol. The number of ether oxygens (including phenoxy) is 1. The minimum atomic E-state index is -0.807. The highest BCUT2D eigenvalue weighted by atomic mass is 19.2. The molecule has 3 unspecified atom stereocenters. The van der Waals surface area contributed by atoms with Crippen LogP contribution in [0.4, 0.5) is 8.78 Å². The first-order valence-electron chi connectivity index (χ1n) is 6.40. The smallest absolute Gasteiger partial charge is 0.159 e. The number of hydrogen-bond donors (Lipinski definition) is 1. The van der Waals surface area contributed by atoms with Crippen molar-refractivity contribution in [2.24, 2.45) is 0 Å². The zero-order valence-corrected chi connectivity index (χ0v) is 10.7. The van der Waals surface area contributed by atoms with Gasteiger partial charge >= 0.3 is 0 Å². The Kier molecular flexibility index (Phi) is 4.30. The molecule has 1 aromatic carbocycles. The lowest BCUT2D eigenvalue weighted by Gasteiger charge is -2.18. The van der Waals surface area contributed by atoms with E-state index in [-0.39, 0.29) is 12.1 Å². The van der Waals surface area contributed by atoms with Crippen LogP contribution < -0.4 is 5.32 Å². The van der Waals surface area contributed by atoms with Crippen molar-refractivity contribution in [1.82, 2.24) is 5.32 Å². The molecule has 1 fully saturated rings. The van der Waals surface area contributed by atoms with Crippen LogP contribution in [0.2, 0.25) is 0 Å². The molecule has 1 saturated heterocycles. The molecule has 3 atom stereocenters. The van der Waals surface area contributed by atoms with Crippen LogP contribution in [0.1, 0.15) is 38.3 Å². The number of benzene rings is 1. The number of rotatable bonds is 4. The Morgan fingerprint density at radius 3 is 2.72 bits per heavy atom. The minimum Gasteiger partial charge on any atom is -0.374 e. The predicted molar refractivity (Wildman–Crippen MR) is 66.3 cm³/mol. The van der Waals surface area contributed by atoms with E-state index in [0.29, 0.717) is 6.10 Å². The van der Waals surface area contributed by atoms with Crippen LogP contribution in [0.25, 0.3) is 0 Å². The normalized spacial score (nSPS) is 25.3. The van der Waals surface area contributed by atoms with E-state index in [4.69, 9.17) is 4.74 Å². The highest BCUT2D eigenvalue weighted by Gasteiger charge is 2.22. The molecule has 2 nitrogen and oxygen atoms in total. The average Bonchev–Trinajstić information content (AvgIpc) is 2.75. The molecule has 0 aromatic heterocycles. The van der Waals surface area contributed by atoms with Crippen LogP contribution in [0.3, 0.4) is 0 Å². The van der Waals surface area contributed by atoms with E-state index in [9.17, 15) is 8.78 Å². The van der Waals surface area contributed by atoms with E-state index in [0.717, 1.165) is 31.0 Å². The second-order valence-electron chi connectivity index (χ2n) is 4.95. The van der Waals surface area contributed by atoms with E-state index in [1.54, 1.807) is 6.07 Å². The summed E-state index contributed by atoms with van der Waals surface area (Å²) in [7, 11) is 0. The van der Waals surface area contributed by atoms with Gasteiger partial charge in [0, 0.05) is 12.6 Å². The summed E-state index contributed by atoms with van der Waals surface area (Å²) in [6, 6.07) is 4.00. The summed E-state index contributed by atoms with van der Waals surface area (Å²) in [5.74, 6) is -1.61. The molecule has 1 aromatic rings. The summed E-state index contributed by atoms with van der Waals surface area (Å²) >= 11 is 0. The quantitative estimate of drug-likeness (QED) is 0.892. The van der Waals surface area contributed by atoms with Crippen LogP contribution in [0.15, 0.2) is 18.2 Å². The fourth-order valence-corrected chi connectivity index (χ4v) is 2.24. The second-order valence-corrected chi connectivity index (χ2v) is 4.95. The summed E-state index contributed by atoms with van der Waals surface area (Å²) in [5, 5.41) is 3.29. The van der Waals surface area contributed by atoms with E-state index < -0.39 is 11.6 Å². The molecule has 1 aliphatic rings. The largest absolute Gasteiger partial charge is 0.374 e. The maximum Gasteiger partial charge on any atom is 0.159 e. The van der Waals surface area contributed by atoms with Gasteiger partial charge in [-0.05, 0) is 44.4 Å². The molecule has 0 aliphatic carbocycles. The average molecular weight is 255 g/mol. The van der Waals surface area contributed by atoms with Crippen molar-refractivity contribution in [2.75, 3.05) is 6.54 Å². The number of nitrogens with one attached hydrogen (secondary N) is 1. The van der Waals surface area contributed by atoms with Gasteiger partial charge in [-0.2, -0.15) is 0 Å². The van der Waals surface area contributed by atoms with Crippen molar-refractivity contribution in [3.05, 3.63) is 35.4 Å². The van der Waals surface area contributed by atoms with Crippen molar-refractivity contribution in [1.29, 1.82) is 0 Å². The Balaban J connectivity index is 1.87. The van der Waals surface area contributed by atoms with E-state index >= 15 is 0 Å². The van der Waals surface area contributed by atoms with Crippen molar-refractivity contribution in [2.45, 2.75) is 44.9 Å².